The summed E-state index contributed by atoms with van der Waals surface area (Å²) in [6.07, 6.45) is 67.2. The number of carbonyl (C=O) groups excluding carboxylic acids is 2. The highest BCUT2D eigenvalue weighted by molar-refractivity contribution is 5.70. The molecular formula is C55H92O5. The van der Waals surface area contributed by atoms with E-state index in [2.05, 4.69) is 112 Å². The molecule has 0 rings (SSSR count). The molecule has 5 heteroatoms. The largest absolute Gasteiger partial charge is 0.462 e. The summed E-state index contributed by atoms with van der Waals surface area (Å²) >= 11 is 0. The van der Waals surface area contributed by atoms with Crippen LogP contribution in [0.5, 0.6) is 0 Å². The van der Waals surface area contributed by atoms with Gasteiger partial charge in [-0.15, -0.1) is 0 Å². The molecule has 0 fully saturated rings. The summed E-state index contributed by atoms with van der Waals surface area (Å²) in [7, 11) is 0. The summed E-state index contributed by atoms with van der Waals surface area (Å²) in [5, 5.41) is 0. The van der Waals surface area contributed by atoms with Crippen LogP contribution in [-0.2, 0) is 23.8 Å². The standard InChI is InChI=1S/C55H92O5/c1-4-7-10-13-16-19-22-25-27-29-32-35-38-41-44-47-50-58-51-53(60-55(57)49-46-43-40-37-34-30-24-21-18-15-12-9-6-3)52-59-54(56)48-45-42-39-36-33-31-28-26-23-20-17-14-11-8-5-2/h7,9-10,12,16,18-19,21,25,27,30,32,34-35,40,43,53H,4-6,8,11,13-15,17,20,22-24,26,28-29,31,33,36-39,41-42,44-52H2,1-3H3/b10-7-,12-9-,19-16-,21-18-,27-25-,34-30-,35-32-,43-40-. The Morgan fingerprint density at radius 2 is 0.783 bits per heavy atom. The Hall–Kier alpha value is -3.18. The second kappa shape index (κ2) is 50.2. The van der Waals surface area contributed by atoms with Crippen molar-refractivity contribution in [1.82, 2.24) is 0 Å². The van der Waals surface area contributed by atoms with E-state index in [0.717, 1.165) is 89.9 Å². The van der Waals surface area contributed by atoms with Gasteiger partial charge < -0.3 is 14.2 Å². The van der Waals surface area contributed by atoms with Gasteiger partial charge in [0.25, 0.3) is 0 Å². The zero-order chi connectivity index (χ0) is 43.5. The third kappa shape index (κ3) is 47.5. The summed E-state index contributed by atoms with van der Waals surface area (Å²) in [5.74, 6) is -0.510. The highest BCUT2D eigenvalue weighted by Gasteiger charge is 2.17. The third-order valence-electron chi connectivity index (χ3n) is 10.1. The third-order valence-corrected chi connectivity index (χ3v) is 10.1. The minimum absolute atomic E-state index is 0.0408. The summed E-state index contributed by atoms with van der Waals surface area (Å²) in [5.41, 5.74) is 0. The van der Waals surface area contributed by atoms with Gasteiger partial charge in [0.1, 0.15) is 6.61 Å². The molecule has 1 atom stereocenters. The van der Waals surface area contributed by atoms with Crippen molar-refractivity contribution in [2.45, 2.75) is 219 Å². The molecule has 0 aliphatic carbocycles. The zero-order valence-electron chi connectivity index (χ0n) is 39.2. The number of hydrogen-bond donors (Lipinski definition) is 0. The number of rotatable bonds is 44. The van der Waals surface area contributed by atoms with Gasteiger partial charge in [-0.2, -0.15) is 0 Å². The topological polar surface area (TPSA) is 61.8 Å². The molecule has 60 heavy (non-hydrogen) atoms. The molecule has 5 nitrogen and oxygen atoms in total. The van der Waals surface area contributed by atoms with Gasteiger partial charge in [-0.1, -0.05) is 214 Å². The van der Waals surface area contributed by atoms with Gasteiger partial charge in [0, 0.05) is 19.4 Å². The Balaban J connectivity index is 4.41. The molecule has 0 aliphatic heterocycles. The molecule has 0 saturated heterocycles. The molecule has 0 heterocycles. The van der Waals surface area contributed by atoms with Gasteiger partial charge in [0.15, 0.2) is 6.10 Å². The van der Waals surface area contributed by atoms with Crippen LogP contribution in [0.2, 0.25) is 0 Å². The monoisotopic (exact) mass is 833 g/mol. The quantitative estimate of drug-likeness (QED) is 0.0348. The normalized spacial score (nSPS) is 13.1. The molecule has 0 saturated carbocycles. The Labute approximate surface area is 371 Å². The Morgan fingerprint density at radius 3 is 1.25 bits per heavy atom. The second-order valence-electron chi connectivity index (χ2n) is 16.0. The summed E-state index contributed by atoms with van der Waals surface area (Å²) in [6, 6.07) is 0. The van der Waals surface area contributed by atoms with Crippen LogP contribution in [0, 0.1) is 0 Å². The van der Waals surface area contributed by atoms with Crippen molar-refractivity contribution < 1.29 is 23.8 Å². The molecule has 0 aromatic carbocycles. The van der Waals surface area contributed by atoms with Gasteiger partial charge >= 0.3 is 11.9 Å². The number of allylic oxidation sites excluding steroid dienone is 16. The first-order valence-corrected chi connectivity index (χ1v) is 24.8. The van der Waals surface area contributed by atoms with E-state index in [1.807, 2.05) is 6.08 Å². The summed E-state index contributed by atoms with van der Waals surface area (Å²) < 4.78 is 17.3. The molecular weight excluding hydrogens is 741 g/mol. The maximum Gasteiger partial charge on any atom is 0.306 e. The van der Waals surface area contributed by atoms with E-state index in [-0.39, 0.29) is 31.6 Å². The van der Waals surface area contributed by atoms with Crippen LogP contribution in [0.25, 0.3) is 0 Å². The number of ether oxygens (including phenoxy) is 3. The smallest absolute Gasteiger partial charge is 0.306 e. The van der Waals surface area contributed by atoms with Crippen molar-refractivity contribution in [3.63, 3.8) is 0 Å². The van der Waals surface area contributed by atoms with E-state index in [9.17, 15) is 9.59 Å². The Bertz CT molecular complexity index is 1170. The predicted molar refractivity (Wildman–Crippen MR) is 260 cm³/mol. The van der Waals surface area contributed by atoms with Crippen molar-refractivity contribution in [3.05, 3.63) is 97.2 Å². The molecule has 0 bridgehead atoms. The van der Waals surface area contributed by atoms with E-state index in [0.29, 0.717) is 19.4 Å². The summed E-state index contributed by atoms with van der Waals surface area (Å²) in [4.78, 5) is 25.3. The molecule has 0 aromatic rings. The van der Waals surface area contributed by atoms with Gasteiger partial charge in [-0.25, -0.2) is 0 Å². The molecule has 0 amide bonds. The molecule has 1 unspecified atom stereocenters. The van der Waals surface area contributed by atoms with Gasteiger partial charge in [0.05, 0.1) is 6.61 Å². The lowest BCUT2D eigenvalue weighted by molar-refractivity contribution is -0.162. The van der Waals surface area contributed by atoms with Gasteiger partial charge in [-0.3, -0.25) is 9.59 Å². The van der Waals surface area contributed by atoms with E-state index in [4.69, 9.17) is 14.2 Å². The highest BCUT2D eigenvalue weighted by Crippen LogP contribution is 2.14. The van der Waals surface area contributed by atoms with Crippen molar-refractivity contribution in [1.29, 1.82) is 0 Å². The average molecular weight is 833 g/mol. The Morgan fingerprint density at radius 1 is 0.383 bits per heavy atom. The van der Waals surface area contributed by atoms with E-state index < -0.39 is 6.10 Å². The van der Waals surface area contributed by atoms with Crippen molar-refractivity contribution in [3.8, 4) is 0 Å². The number of carbonyl (C=O) groups is 2. The molecule has 0 aliphatic rings. The van der Waals surface area contributed by atoms with Crippen LogP contribution < -0.4 is 0 Å². The minimum atomic E-state index is -0.593. The molecule has 342 valence electrons. The number of hydrogen-bond acceptors (Lipinski definition) is 5. The van der Waals surface area contributed by atoms with Crippen molar-refractivity contribution in [2.24, 2.45) is 0 Å². The van der Waals surface area contributed by atoms with E-state index in [1.165, 1.54) is 83.5 Å². The van der Waals surface area contributed by atoms with Crippen LogP contribution in [0.4, 0.5) is 0 Å². The van der Waals surface area contributed by atoms with Gasteiger partial charge in [0.2, 0.25) is 0 Å². The lowest BCUT2D eigenvalue weighted by Gasteiger charge is -2.18. The maximum absolute atomic E-state index is 12.7. The number of unbranched alkanes of at least 4 members (excludes halogenated alkanes) is 17. The first-order valence-electron chi connectivity index (χ1n) is 24.8. The molecule has 0 spiro atoms. The fraction of sp³-hybridized carbons (Fsp3) is 0.673. The minimum Gasteiger partial charge on any atom is -0.462 e. The van der Waals surface area contributed by atoms with Crippen LogP contribution in [0.15, 0.2) is 97.2 Å². The van der Waals surface area contributed by atoms with Crippen LogP contribution in [0.1, 0.15) is 213 Å². The van der Waals surface area contributed by atoms with Crippen molar-refractivity contribution in [2.75, 3.05) is 19.8 Å². The first-order chi connectivity index (χ1) is 29.6. The average Bonchev–Trinajstić information content (AvgIpc) is 3.25. The van der Waals surface area contributed by atoms with E-state index in [1.54, 1.807) is 0 Å². The van der Waals surface area contributed by atoms with Gasteiger partial charge in [-0.05, 0) is 83.5 Å². The summed E-state index contributed by atoms with van der Waals surface area (Å²) in [6.45, 7) is 7.45. The fourth-order valence-electron chi connectivity index (χ4n) is 6.51. The van der Waals surface area contributed by atoms with Crippen molar-refractivity contribution >= 4 is 11.9 Å². The SMILES string of the molecule is CC/C=C\C/C=C\C/C=C\C/C=C\CCCCCOCC(COC(=O)CCCCCCCCCCCCCCCCC)OC(=O)CC/C=C\C/C=C\C/C=C\C/C=C\CC. The fourth-order valence-corrected chi connectivity index (χ4v) is 6.51. The van der Waals surface area contributed by atoms with Crippen LogP contribution in [0.3, 0.4) is 0 Å². The highest BCUT2D eigenvalue weighted by atomic mass is 16.6. The van der Waals surface area contributed by atoms with Crippen LogP contribution in [-0.4, -0.2) is 37.9 Å². The molecule has 0 aromatic heterocycles. The molecule has 0 N–H and O–H groups in total. The first kappa shape index (κ1) is 56.8. The number of esters is 2. The van der Waals surface area contributed by atoms with E-state index >= 15 is 0 Å². The lowest BCUT2D eigenvalue weighted by atomic mass is 10.0. The second-order valence-corrected chi connectivity index (χ2v) is 16.0. The predicted octanol–water partition coefficient (Wildman–Crippen LogP) is 16.7. The molecule has 0 radical (unpaired) electrons. The maximum atomic E-state index is 12.7. The van der Waals surface area contributed by atoms with Crippen LogP contribution >= 0.6 is 0 Å². The lowest BCUT2D eigenvalue weighted by Crippen LogP contribution is -2.30. The zero-order valence-corrected chi connectivity index (χ0v) is 39.2. The Kier molecular flexibility index (Phi) is 47.5.